The van der Waals surface area contributed by atoms with Gasteiger partial charge in [-0.15, -0.1) is 0 Å². The first-order valence-electron chi connectivity index (χ1n) is 14.2. The lowest BCUT2D eigenvalue weighted by molar-refractivity contribution is -0.150. The van der Waals surface area contributed by atoms with Crippen molar-refractivity contribution in [1.82, 2.24) is 15.5 Å². The lowest BCUT2D eigenvalue weighted by Crippen LogP contribution is -2.51. The van der Waals surface area contributed by atoms with Gasteiger partial charge in [0.2, 0.25) is 11.8 Å². The van der Waals surface area contributed by atoms with Gasteiger partial charge in [0.05, 0.1) is 37.4 Å². The number of hydrogen-bond acceptors (Lipinski definition) is 7. The van der Waals surface area contributed by atoms with E-state index in [0.29, 0.717) is 25.5 Å². The van der Waals surface area contributed by atoms with Gasteiger partial charge in [0, 0.05) is 26.6 Å². The van der Waals surface area contributed by atoms with Gasteiger partial charge in [-0.25, -0.2) is 0 Å². The quantitative estimate of drug-likeness (QED) is 0.196. The van der Waals surface area contributed by atoms with Crippen molar-refractivity contribution < 1.29 is 28.9 Å². The summed E-state index contributed by atoms with van der Waals surface area (Å²) in [6.07, 6.45) is 11.8. The number of epoxide rings is 1. The van der Waals surface area contributed by atoms with Crippen molar-refractivity contribution >= 4 is 11.8 Å². The number of allylic oxidation sites excluding steroid dienone is 3. The van der Waals surface area contributed by atoms with E-state index in [4.69, 9.17) is 14.2 Å². The van der Waals surface area contributed by atoms with Crippen LogP contribution in [0.15, 0.2) is 36.0 Å². The number of nitrogens with one attached hydrogen (secondary N) is 2. The molecule has 3 heterocycles. The van der Waals surface area contributed by atoms with E-state index in [1.165, 1.54) is 6.08 Å². The number of hydrogen-bond donors (Lipinski definition) is 3. The molecule has 9 heteroatoms. The number of rotatable bonds is 12. The Kier molecular flexibility index (Phi) is 11.7. The van der Waals surface area contributed by atoms with Crippen molar-refractivity contribution in [2.45, 2.75) is 95.5 Å². The molecule has 0 bridgehead atoms. The average Bonchev–Trinajstić information content (AvgIpc) is 3.68. The van der Waals surface area contributed by atoms with E-state index in [1.807, 2.05) is 46.4 Å². The first-order chi connectivity index (χ1) is 18.6. The number of amides is 2. The monoisotopic (exact) mass is 546 g/mol. The van der Waals surface area contributed by atoms with Crippen molar-refractivity contribution in [3.63, 3.8) is 0 Å². The number of likely N-dealkylation sites (N-methyl/N-ethyl adjacent to an activating group) is 2. The molecule has 1 radical (unpaired) electrons. The summed E-state index contributed by atoms with van der Waals surface area (Å²) in [5.41, 5.74) is 0.429. The SMILES string of the molecule is C[CH]/C=C\C(=O)N[C@@H]1C[C@H](C)[C@H](C/C=C(C)/C=C/[C@H]2O[C@H](CC(=O)N(C)CCNC)C[C@@]3(CO3)[C@@H]2O)O[C@@H]1C. The smallest absolute Gasteiger partial charge is 0.243 e. The molecule has 219 valence electrons. The molecule has 0 aromatic carbocycles. The summed E-state index contributed by atoms with van der Waals surface area (Å²) in [7, 11) is 3.66. The normalized spacial score (nSPS) is 35.1. The molecule has 8 atom stereocenters. The van der Waals surface area contributed by atoms with Crippen molar-refractivity contribution in [3.8, 4) is 0 Å². The minimum absolute atomic E-state index is 0.0138. The molecule has 2 amide bonds. The fraction of sp³-hybridized carbons (Fsp3) is 0.700. The maximum absolute atomic E-state index is 12.7. The second kappa shape index (κ2) is 14.6. The summed E-state index contributed by atoms with van der Waals surface area (Å²) in [5.74, 6) is 0.217. The number of nitrogens with zero attached hydrogens (tertiary/aromatic N) is 1. The van der Waals surface area contributed by atoms with Gasteiger partial charge in [0.25, 0.3) is 0 Å². The maximum Gasteiger partial charge on any atom is 0.243 e. The zero-order valence-corrected chi connectivity index (χ0v) is 24.4. The molecule has 0 aliphatic carbocycles. The van der Waals surface area contributed by atoms with Gasteiger partial charge in [-0.05, 0) is 52.2 Å². The minimum atomic E-state index is -0.769. The highest BCUT2D eigenvalue weighted by Gasteiger charge is 2.58. The van der Waals surface area contributed by atoms with E-state index in [9.17, 15) is 14.7 Å². The predicted octanol–water partition coefficient (Wildman–Crippen LogP) is 2.31. The zero-order valence-electron chi connectivity index (χ0n) is 24.4. The van der Waals surface area contributed by atoms with Gasteiger partial charge in [-0.3, -0.25) is 9.59 Å². The maximum atomic E-state index is 12.7. The fourth-order valence-corrected chi connectivity index (χ4v) is 5.30. The third-order valence-corrected chi connectivity index (χ3v) is 8.02. The van der Waals surface area contributed by atoms with Crippen LogP contribution in [0, 0.1) is 12.3 Å². The Labute approximate surface area is 234 Å². The number of carbonyl (C=O) groups excluding carboxylic acids is 2. The molecule has 39 heavy (non-hydrogen) atoms. The van der Waals surface area contributed by atoms with Crippen LogP contribution in [0.5, 0.6) is 0 Å². The van der Waals surface area contributed by atoms with Crippen LogP contribution in [0.1, 0.15) is 53.4 Å². The van der Waals surface area contributed by atoms with Gasteiger partial charge in [0.15, 0.2) is 0 Å². The highest BCUT2D eigenvalue weighted by Crippen LogP contribution is 2.43. The Morgan fingerprint density at radius 3 is 2.62 bits per heavy atom. The van der Waals surface area contributed by atoms with Crippen LogP contribution in [-0.4, -0.2) is 97.8 Å². The summed E-state index contributed by atoms with van der Waals surface area (Å²) in [6, 6.07) is -0.0138. The molecular formula is C30H48N3O6. The molecule has 9 nitrogen and oxygen atoms in total. The van der Waals surface area contributed by atoms with Gasteiger partial charge >= 0.3 is 0 Å². The Bertz CT molecular complexity index is 914. The van der Waals surface area contributed by atoms with E-state index in [0.717, 1.165) is 25.0 Å². The van der Waals surface area contributed by atoms with Gasteiger partial charge in [-0.2, -0.15) is 0 Å². The predicted molar refractivity (Wildman–Crippen MR) is 151 cm³/mol. The lowest BCUT2D eigenvalue weighted by Gasteiger charge is -2.39. The number of aliphatic hydroxyl groups is 1. The van der Waals surface area contributed by atoms with E-state index >= 15 is 0 Å². The van der Waals surface area contributed by atoms with Gasteiger partial charge in [0.1, 0.15) is 17.8 Å². The Morgan fingerprint density at radius 1 is 1.21 bits per heavy atom. The summed E-state index contributed by atoms with van der Waals surface area (Å²) in [4.78, 5) is 26.4. The average molecular weight is 547 g/mol. The molecule has 0 saturated carbocycles. The third kappa shape index (κ3) is 8.98. The number of carbonyl (C=O) groups is 2. The zero-order chi connectivity index (χ0) is 28.6. The molecule has 3 saturated heterocycles. The van der Waals surface area contributed by atoms with Gasteiger partial charge in [-0.1, -0.05) is 43.7 Å². The van der Waals surface area contributed by atoms with Crippen molar-refractivity contribution in [2.24, 2.45) is 5.92 Å². The van der Waals surface area contributed by atoms with Crippen LogP contribution < -0.4 is 10.6 Å². The van der Waals surface area contributed by atoms with E-state index in [1.54, 1.807) is 18.0 Å². The van der Waals surface area contributed by atoms with Gasteiger partial charge < -0.3 is 34.9 Å². The third-order valence-electron chi connectivity index (χ3n) is 8.02. The van der Waals surface area contributed by atoms with E-state index < -0.39 is 17.8 Å². The molecule has 3 aliphatic rings. The molecule has 0 aromatic rings. The summed E-state index contributed by atoms with van der Waals surface area (Å²) >= 11 is 0. The molecule has 1 spiro atoms. The molecule has 3 fully saturated rings. The molecule has 3 aliphatic heterocycles. The largest absolute Gasteiger partial charge is 0.387 e. The molecule has 0 aromatic heterocycles. The molecule has 3 N–H and O–H groups in total. The second-order valence-corrected chi connectivity index (χ2v) is 11.3. The van der Waals surface area contributed by atoms with Crippen LogP contribution in [0.25, 0.3) is 0 Å². The van der Waals surface area contributed by atoms with Crippen LogP contribution in [0.2, 0.25) is 0 Å². The Balaban J connectivity index is 1.53. The highest BCUT2D eigenvalue weighted by atomic mass is 16.6. The summed E-state index contributed by atoms with van der Waals surface area (Å²) < 4.78 is 18.1. The number of ether oxygens (including phenoxy) is 3. The van der Waals surface area contributed by atoms with Crippen LogP contribution in [0.3, 0.4) is 0 Å². The van der Waals surface area contributed by atoms with Crippen molar-refractivity contribution in [3.05, 3.63) is 42.4 Å². The highest BCUT2D eigenvalue weighted by molar-refractivity contribution is 5.87. The molecular weight excluding hydrogens is 498 g/mol. The Morgan fingerprint density at radius 2 is 1.95 bits per heavy atom. The second-order valence-electron chi connectivity index (χ2n) is 11.3. The van der Waals surface area contributed by atoms with Crippen LogP contribution >= 0.6 is 0 Å². The van der Waals surface area contributed by atoms with Crippen LogP contribution in [-0.2, 0) is 23.8 Å². The first-order valence-corrected chi connectivity index (χ1v) is 14.2. The number of aliphatic hydroxyl groups excluding tert-OH is 1. The van der Waals surface area contributed by atoms with E-state index in [-0.39, 0.29) is 42.6 Å². The first kappa shape index (κ1) is 31.5. The summed E-state index contributed by atoms with van der Waals surface area (Å²) in [5, 5.41) is 17.0. The molecule has 0 unspecified atom stereocenters. The topological polar surface area (TPSA) is 113 Å². The standard InChI is InChI=1S/C30H48N3O6/c1-7-8-9-27(34)32-24-16-21(3)25(38-22(24)4)12-10-20(2)11-13-26-29(36)30(19-37-30)18-23(39-26)17-28(35)33(6)15-14-31-5/h7-11,13,21-26,29,31,36H,12,14-19H2,1-6H3,(H,32,34)/b9-8-,13-11+,20-10+/t21-,22+,23+,24+,25-,26+,29+,30+/m0/s1. The lowest BCUT2D eigenvalue weighted by atomic mass is 9.87. The Hall–Kier alpha value is -2.04. The summed E-state index contributed by atoms with van der Waals surface area (Å²) in [6.45, 7) is 9.91. The van der Waals surface area contributed by atoms with E-state index in [2.05, 4.69) is 23.6 Å². The molecule has 3 rings (SSSR count). The minimum Gasteiger partial charge on any atom is -0.387 e. The van der Waals surface area contributed by atoms with Crippen molar-refractivity contribution in [1.29, 1.82) is 0 Å². The fourth-order valence-electron chi connectivity index (χ4n) is 5.30. The van der Waals surface area contributed by atoms with Crippen LogP contribution in [0.4, 0.5) is 0 Å². The van der Waals surface area contributed by atoms with Crippen molar-refractivity contribution in [2.75, 3.05) is 33.8 Å².